The minimum absolute atomic E-state index is 0.0510. The maximum atomic E-state index is 12.4. The first-order valence-corrected chi connectivity index (χ1v) is 6.43. The number of nitrogens with zero attached hydrogens (tertiary/aromatic N) is 1. The molecule has 5 heteroatoms. The van der Waals surface area contributed by atoms with Gasteiger partial charge in [-0.25, -0.2) is 0 Å². The van der Waals surface area contributed by atoms with Gasteiger partial charge < -0.3 is 15.7 Å². The van der Waals surface area contributed by atoms with Crippen LogP contribution in [0.4, 0.5) is 0 Å². The zero-order valence-electron chi connectivity index (χ0n) is 10.7. The molecule has 1 heterocycles. The fourth-order valence-corrected chi connectivity index (χ4v) is 2.41. The lowest BCUT2D eigenvalue weighted by molar-refractivity contribution is -0.143. The Hall–Kier alpha value is -1.88. The number of benzene rings is 1. The van der Waals surface area contributed by atoms with Crippen LogP contribution in [0, 0.1) is 5.92 Å². The number of carbonyl (C=O) groups is 2. The summed E-state index contributed by atoms with van der Waals surface area (Å²) in [5, 5.41) is 8.94. The third-order valence-corrected chi connectivity index (χ3v) is 3.60. The molecule has 1 saturated heterocycles. The lowest BCUT2D eigenvalue weighted by Gasteiger charge is -2.30. The SMILES string of the molecule is NCc1ccccc1C(=O)N1CCC(C(=O)O)CC1. The smallest absolute Gasteiger partial charge is 0.306 e. The summed E-state index contributed by atoms with van der Waals surface area (Å²) in [6, 6.07) is 7.29. The number of piperidine rings is 1. The maximum Gasteiger partial charge on any atom is 0.306 e. The van der Waals surface area contributed by atoms with Gasteiger partial charge in [-0.15, -0.1) is 0 Å². The largest absolute Gasteiger partial charge is 0.481 e. The maximum absolute atomic E-state index is 12.4. The summed E-state index contributed by atoms with van der Waals surface area (Å²) in [5.74, 6) is -1.15. The van der Waals surface area contributed by atoms with Gasteiger partial charge in [-0.05, 0) is 24.5 Å². The Morgan fingerprint density at radius 1 is 1.26 bits per heavy atom. The molecule has 0 aromatic heterocycles. The highest BCUT2D eigenvalue weighted by Crippen LogP contribution is 2.20. The van der Waals surface area contributed by atoms with Gasteiger partial charge in [0.15, 0.2) is 0 Å². The average molecular weight is 262 g/mol. The number of hydrogen-bond acceptors (Lipinski definition) is 3. The fraction of sp³-hybridized carbons (Fsp3) is 0.429. The van der Waals surface area contributed by atoms with Crippen molar-refractivity contribution < 1.29 is 14.7 Å². The van der Waals surface area contributed by atoms with Gasteiger partial charge in [0.2, 0.25) is 0 Å². The normalized spacial score (nSPS) is 16.4. The molecule has 0 spiro atoms. The topological polar surface area (TPSA) is 83.6 Å². The van der Waals surface area contributed by atoms with Crippen molar-refractivity contribution in [1.82, 2.24) is 4.90 Å². The third kappa shape index (κ3) is 2.93. The van der Waals surface area contributed by atoms with E-state index < -0.39 is 5.97 Å². The molecule has 0 saturated carbocycles. The number of aliphatic carboxylic acids is 1. The molecule has 0 aliphatic carbocycles. The van der Waals surface area contributed by atoms with Crippen LogP contribution < -0.4 is 5.73 Å². The molecule has 1 aliphatic rings. The van der Waals surface area contributed by atoms with E-state index in [2.05, 4.69) is 0 Å². The van der Waals surface area contributed by atoms with Crippen LogP contribution in [-0.2, 0) is 11.3 Å². The van der Waals surface area contributed by atoms with Crippen molar-refractivity contribution in [3.05, 3.63) is 35.4 Å². The van der Waals surface area contributed by atoms with E-state index in [9.17, 15) is 9.59 Å². The molecule has 102 valence electrons. The molecule has 5 nitrogen and oxygen atoms in total. The number of likely N-dealkylation sites (tertiary alicyclic amines) is 1. The molecular formula is C14H18N2O3. The van der Waals surface area contributed by atoms with Crippen LogP contribution in [0.1, 0.15) is 28.8 Å². The third-order valence-electron chi connectivity index (χ3n) is 3.60. The molecule has 3 N–H and O–H groups in total. The molecule has 1 aliphatic heterocycles. The zero-order chi connectivity index (χ0) is 13.8. The fourth-order valence-electron chi connectivity index (χ4n) is 2.41. The highest BCUT2D eigenvalue weighted by Gasteiger charge is 2.27. The summed E-state index contributed by atoms with van der Waals surface area (Å²) in [4.78, 5) is 25.0. The second kappa shape index (κ2) is 5.84. The van der Waals surface area contributed by atoms with E-state index in [1.54, 1.807) is 11.0 Å². The number of hydrogen-bond donors (Lipinski definition) is 2. The molecule has 0 atom stereocenters. The molecule has 1 amide bonds. The number of amides is 1. The Morgan fingerprint density at radius 2 is 1.89 bits per heavy atom. The lowest BCUT2D eigenvalue weighted by Crippen LogP contribution is -2.40. The van der Waals surface area contributed by atoms with Crippen LogP contribution in [0.25, 0.3) is 0 Å². The number of carboxylic acids is 1. The van der Waals surface area contributed by atoms with Gasteiger partial charge in [0.1, 0.15) is 0 Å². The Kier molecular flexibility index (Phi) is 4.16. The van der Waals surface area contributed by atoms with Gasteiger partial charge >= 0.3 is 5.97 Å². The van der Waals surface area contributed by atoms with E-state index in [0.717, 1.165) is 5.56 Å². The second-order valence-electron chi connectivity index (χ2n) is 4.77. The van der Waals surface area contributed by atoms with Crippen LogP contribution >= 0.6 is 0 Å². The lowest BCUT2D eigenvalue weighted by atomic mass is 9.96. The van der Waals surface area contributed by atoms with Crippen molar-refractivity contribution in [3.63, 3.8) is 0 Å². The van der Waals surface area contributed by atoms with E-state index >= 15 is 0 Å². The van der Waals surface area contributed by atoms with E-state index in [4.69, 9.17) is 10.8 Å². The minimum atomic E-state index is -0.769. The molecule has 1 aromatic carbocycles. The Labute approximate surface area is 112 Å². The second-order valence-corrected chi connectivity index (χ2v) is 4.77. The van der Waals surface area contributed by atoms with Gasteiger partial charge in [-0.1, -0.05) is 18.2 Å². The molecule has 0 radical (unpaired) electrons. The monoisotopic (exact) mass is 262 g/mol. The first-order chi connectivity index (χ1) is 9.13. The highest BCUT2D eigenvalue weighted by atomic mass is 16.4. The van der Waals surface area contributed by atoms with Gasteiger partial charge in [0.25, 0.3) is 5.91 Å². The molecule has 0 bridgehead atoms. The number of carboxylic acid groups (broad SMARTS) is 1. The van der Waals surface area contributed by atoms with Gasteiger partial charge in [-0.3, -0.25) is 9.59 Å². The summed E-state index contributed by atoms with van der Waals surface area (Å²) < 4.78 is 0. The van der Waals surface area contributed by atoms with Crippen LogP contribution in [-0.4, -0.2) is 35.0 Å². The number of rotatable bonds is 3. The Balaban J connectivity index is 2.07. The van der Waals surface area contributed by atoms with Crippen molar-refractivity contribution in [2.45, 2.75) is 19.4 Å². The van der Waals surface area contributed by atoms with Crippen molar-refractivity contribution in [2.75, 3.05) is 13.1 Å². The Bertz CT molecular complexity index is 479. The molecular weight excluding hydrogens is 244 g/mol. The van der Waals surface area contributed by atoms with E-state index in [1.165, 1.54) is 0 Å². The highest BCUT2D eigenvalue weighted by molar-refractivity contribution is 5.95. The molecule has 19 heavy (non-hydrogen) atoms. The van der Waals surface area contributed by atoms with Crippen molar-refractivity contribution in [2.24, 2.45) is 11.7 Å². The summed E-state index contributed by atoms with van der Waals surface area (Å²) in [6.07, 6.45) is 1.04. The Morgan fingerprint density at radius 3 is 2.47 bits per heavy atom. The zero-order valence-corrected chi connectivity index (χ0v) is 10.7. The molecule has 2 rings (SSSR count). The minimum Gasteiger partial charge on any atom is -0.481 e. The van der Waals surface area contributed by atoms with E-state index in [0.29, 0.717) is 38.0 Å². The standard InChI is InChI=1S/C14H18N2O3/c15-9-11-3-1-2-4-12(11)13(17)16-7-5-10(6-8-16)14(18)19/h1-4,10H,5-9,15H2,(H,18,19). The first kappa shape index (κ1) is 13.5. The van der Waals surface area contributed by atoms with Crippen molar-refractivity contribution in [3.8, 4) is 0 Å². The average Bonchev–Trinajstić information content (AvgIpc) is 2.46. The van der Waals surface area contributed by atoms with E-state index in [-0.39, 0.29) is 11.8 Å². The van der Waals surface area contributed by atoms with Crippen LogP contribution in [0.3, 0.4) is 0 Å². The van der Waals surface area contributed by atoms with Gasteiger partial charge in [0, 0.05) is 25.2 Å². The molecule has 0 unspecified atom stereocenters. The summed E-state index contributed by atoms with van der Waals surface area (Å²) in [5.41, 5.74) is 7.08. The van der Waals surface area contributed by atoms with Crippen molar-refractivity contribution in [1.29, 1.82) is 0 Å². The molecule has 1 fully saturated rings. The number of nitrogens with two attached hydrogens (primary N) is 1. The summed E-state index contributed by atoms with van der Waals surface area (Å²) >= 11 is 0. The van der Waals surface area contributed by atoms with Gasteiger partial charge in [0.05, 0.1) is 5.92 Å². The molecule has 1 aromatic rings. The van der Waals surface area contributed by atoms with E-state index in [1.807, 2.05) is 18.2 Å². The number of carbonyl (C=O) groups excluding carboxylic acids is 1. The predicted molar refractivity (Wildman–Crippen MR) is 70.6 cm³/mol. The summed E-state index contributed by atoms with van der Waals surface area (Å²) in [7, 11) is 0. The first-order valence-electron chi connectivity index (χ1n) is 6.43. The predicted octanol–water partition coefficient (Wildman–Crippen LogP) is 1.08. The van der Waals surface area contributed by atoms with Crippen LogP contribution in [0.5, 0.6) is 0 Å². The van der Waals surface area contributed by atoms with Crippen LogP contribution in [0.2, 0.25) is 0 Å². The van der Waals surface area contributed by atoms with Crippen LogP contribution in [0.15, 0.2) is 24.3 Å². The van der Waals surface area contributed by atoms with Crippen molar-refractivity contribution >= 4 is 11.9 Å². The van der Waals surface area contributed by atoms with Gasteiger partial charge in [-0.2, -0.15) is 0 Å². The summed E-state index contributed by atoms with van der Waals surface area (Å²) in [6.45, 7) is 1.32. The quantitative estimate of drug-likeness (QED) is 0.853.